The zero-order chi connectivity index (χ0) is 14.7. The predicted molar refractivity (Wildman–Crippen MR) is 72.1 cm³/mol. The third kappa shape index (κ3) is 2.28. The quantitative estimate of drug-likeness (QED) is 0.882. The SMILES string of the molecule is CC=Cn1c(=O)c(C(=O)O)nn(-c2ccccc2)c1=O. The van der Waals surface area contributed by atoms with E-state index in [1.807, 2.05) is 0 Å². The number of nitrogens with zero attached hydrogens (tertiary/aromatic N) is 3. The molecule has 0 saturated carbocycles. The molecule has 1 heterocycles. The maximum absolute atomic E-state index is 12.2. The lowest BCUT2D eigenvalue weighted by atomic mass is 10.3. The molecular weight excluding hydrogens is 262 g/mol. The number of carboxylic acid groups (broad SMARTS) is 1. The zero-order valence-corrected chi connectivity index (χ0v) is 10.6. The lowest BCUT2D eigenvalue weighted by Crippen LogP contribution is -2.41. The molecule has 0 radical (unpaired) electrons. The van der Waals surface area contributed by atoms with Crippen LogP contribution in [0.5, 0.6) is 0 Å². The van der Waals surface area contributed by atoms with Gasteiger partial charge in [0.1, 0.15) is 0 Å². The van der Waals surface area contributed by atoms with Crippen LogP contribution >= 0.6 is 0 Å². The van der Waals surface area contributed by atoms with E-state index >= 15 is 0 Å². The van der Waals surface area contributed by atoms with Crippen LogP contribution in [-0.4, -0.2) is 25.4 Å². The summed E-state index contributed by atoms with van der Waals surface area (Å²) in [6, 6.07) is 8.27. The highest BCUT2D eigenvalue weighted by Crippen LogP contribution is 2.01. The molecule has 0 bridgehead atoms. The third-order valence-corrected chi connectivity index (χ3v) is 2.51. The molecule has 7 heteroatoms. The first-order valence-corrected chi connectivity index (χ1v) is 5.73. The van der Waals surface area contributed by atoms with Crippen LogP contribution in [0.2, 0.25) is 0 Å². The smallest absolute Gasteiger partial charge is 0.362 e. The maximum Gasteiger partial charge on any atom is 0.362 e. The minimum Gasteiger partial charge on any atom is -0.476 e. The number of hydrogen-bond donors (Lipinski definition) is 1. The van der Waals surface area contributed by atoms with Gasteiger partial charge in [-0.15, -0.1) is 0 Å². The molecule has 0 fully saturated rings. The number of hydrogen-bond acceptors (Lipinski definition) is 4. The first-order chi connectivity index (χ1) is 9.56. The molecule has 0 aliphatic heterocycles. The van der Waals surface area contributed by atoms with Crippen LogP contribution in [0, 0.1) is 0 Å². The highest BCUT2D eigenvalue weighted by Gasteiger charge is 2.18. The number of rotatable bonds is 3. The molecular formula is C13H11N3O4. The minimum atomic E-state index is -1.49. The van der Waals surface area contributed by atoms with E-state index in [2.05, 4.69) is 5.10 Å². The number of benzene rings is 1. The number of allylic oxidation sites excluding steroid dienone is 1. The molecule has 1 aromatic heterocycles. The van der Waals surface area contributed by atoms with Crippen LogP contribution in [0.4, 0.5) is 0 Å². The minimum absolute atomic E-state index is 0.373. The lowest BCUT2D eigenvalue weighted by Gasteiger charge is -2.07. The summed E-state index contributed by atoms with van der Waals surface area (Å²) in [5.41, 5.74) is -2.04. The first-order valence-electron chi connectivity index (χ1n) is 5.73. The van der Waals surface area contributed by atoms with Gasteiger partial charge in [-0.05, 0) is 19.1 Å². The largest absolute Gasteiger partial charge is 0.476 e. The van der Waals surface area contributed by atoms with Crippen LogP contribution in [0.1, 0.15) is 17.4 Å². The average molecular weight is 273 g/mol. The van der Waals surface area contributed by atoms with E-state index in [9.17, 15) is 14.4 Å². The van der Waals surface area contributed by atoms with E-state index in [0.29, 0.717) is 10.3 Å². The molecule has 0 amide bonds. The summed E-state index contributed by atoms with van der Waals surface area (Å²) < 4.78 is 1.59. The Morgan fingerprint density at radius 1 is 1.25 bits per heavy atom. The Bertz CT molecular complexity index is 787. The fourth-order valence-electron chi connectivity index (χ4n) is 1.64. The number of carboxylic acids is 1. The van der Waals surface area contributed by atoms with Crippen molar-refractivity contribution >= 4 is 12.2 Å². The Hall–Kier alpha value is -2.96. The average Bonchev–Trinajstić information content (AvgIpc) is 2.44. The van der Waals surface area contributed by atoms with E-state index in [4.69, 9.17) is 5.11 Å². The van der Waals surface area contributed by atoms with Crippen molar-refractivity contribution < 1.29 is 9.90 Å². The van der Waals surface area contributed by atoms with Crippen molar-refractivity contribution in [1.29, 1.82) is 0 Å². The molecule has 102 valence electrons. The third-order valence-electron chi connectivity index (χ3n) is 2.51. The second kappa shape index (κ2) is 5.35. The van der Waals surface area contributed by atoms with Crippen LogP contribution in [-0.2, 0) is 0 Å². The van der Waals surface area contributed by atoms with Crippen molar-refractivity contribution in [3.63, 3.8) is 0 Å². The van der Waals surface area contributed by atoms with Crippen LogP contribution in [0.3, 0.4) is 0 Å². The Balaban J connectivity index is 2.86. The van der Waals surface area contributed by atoms with Gasteiger partial charge < -0.3 is 5.11 Å². The molecule has 2 aromatic rings. The van der Waals surface area contributed by atoms with Gasteiger partial charge in [-0.25, -0.2) is 14.2 Å². The fraction of sp³-hybridized carbons (Fsp3) is 0.0769. The molecule has 20 heavy (non-hydrogen) atoms. The Labute approximate surface area is 113 Å². The van der Waals surface area contributed by atoms with E-state index in [0.717, 1.165) is 4.68 Å². The number of para-hydroxylation sites is 1. The molecule has 0 saturated heterocycles. The van der Waals surface area contributed by atoms with Gasteiger partial charge in [0.15, 0.2) is 0 Å². The van der Waals surface area contributed by atoms with E-state index < -0.39 is 22.9 Å². The van der Waals surface area contributed by atoms with Gasteiger partial charge >= 0.3 is 11.7 Å². The zero-order valence-electron chi connectivity index (χ0n) is 10.6. The van der Waals surface area contributed by atoms with E-state index in [-0.39, 0.29) is 0 Å². The Morgan fingerprint density at radius 3 is 2.45 bits per heavy atom. The molecule has 1 aromatic carbocycles. The van der Waals surface area contributed by atoms with Crippen molar-refractivity contribution in [2.75, 3.05) is 0 Å². The molecule has 0 aliphatic rings. The van der Waals surface area contributed by atoms with Gasteiger partial charge in [0.2, 0.25) is 5.69 Å². The number of aromatic carboxylic acids is 1. The highest BCUT2D eigenvalue weighted by molar-refractivity contribution is 5.84. The Kier molecular flexibility index (Phi) is 3.60. The van der Waals surface area contributed by atoms with Gasteiger partial charge in [-0.1, -0.05) is 24.3 Å². The van der Waals surface area contributed by atoms with Gasteiger partial charge in [0.05, 0.1) is 5.69 Å². The number of carbonyl (C=O) groups is 1. The molecule has 0 aliphatic carbocycles. The molecule has 0 atom stereocenters. The van der Waals surface area contributed by atoms with Crippen LogP contribution in [0.15, 0.2) is 46.0 Å². The summed E-state index contributed by atoms with van der Waals surface area (Å²) in [5, 5.41) is 12.6. The second-order valence-corrected chi connectivity index (χ2v) is 3.84. The predicted octanol–water partition coefficient (Wildman–Crippen LogP) is 0.583. The Morgan fingerprint density at radius 2 is 1.90 bits per heavy atom. The van der Waals surface area contributed by atoms with Crippen LogP contribution < -0.4 is 11.2 Å². The van der Waals surface area contributed by atoms with Gasteiger partial charge in [-0.2, -0.15) is 9.78 Å². The van der Waals surface area contributed by atoms with Gasteiger partial charge in [-0.3, -0.25) is 4.79 Å². The summed E-state index contributed by atoms with van der Waals surface area (Å²) in [7, 11) is 0. The number of aromatic nitrogens is 3. The molecule has 7 nitrogen and oxygen atoms in total. The summed E-state index contributed by atoms with van der Waals surface area (Å²) in [6.45, 7) is 1.61. The van der Waals surface area contributed by atoms with Crippen molar-refractivity contribution in [2.24, 2.45) is 0 Å². The summed E-state index contributed by atoms with van der Waals surface area (Å²) >= 11 is 0. The van der Waals surface area contributed by atoms with Gasteiger partial charge in [0.25, 0.3) is 5.56 Å². The first kappa shape index (κ1) is 13.5. The molecule has 2 rings (SSSR count). The molecule has 1 N–H and O–H groups in total. The van der Waals surface area contributed by atoms with E-state index in [1.165, 1.54) is 12.3 Å². The molecule has 0 spiro atoms. The van der Waals surface area contributed by atoms with Crippen LogP contribution in [0.25, 0.3) is 11.9 Å². The standard InChI is InChI=1S/C13H11N3O4/c1-2-8-15-11(17)10(12(18)19)14-16(13(15)20)9-6-4-3-5-7-9/h2-8H,1H3,(H,18,19). The summed E-state index contributed by atoms with van der Waals surface area (Å²) in [5.74, 6) is -1.49. The second-order valence-electron chi connectivity index (χ2n) is 3.84. The monoisotopic (exact) mass is 273 g/mol. The van der Waals surface area contributed by atoms with Crippen molar-refractivity contribution in [1.82, 2.24) is 14.3 Å². The lowest BCUT2D eigenvalue weighted by molar-refractivity contribution is 0.0685. The summed E-state index contributed by atoms with van der Waals surface area (Å²) in [4.78, 5) is 35.1. The van der Waals surface area contributed by atoms with E-state index in [1.54, 1.807) is 37.3 Å². The van der Waals surface area contributed by atoms with Crippen molar-refractivity contribution in [2.45, 2.75) is 6.92 Å². The normalized spacial score (nSPS) is 10.8. The van der Waals surface area contributed by atoms with Crippen molar-refractivity contribution in [3.05, 3.63) is 62.9 Å². The topological polar surface area (TPSA) is 94.2 Å². The van der Waals surface area contributed by atoms with Gasteiger partial charge in [0, 0.05) is 6.20 Å². The summed E-state index contributed by atoms with van der Waals surface area (Å²) in [6.07, 6.45) is 2.67. The maximum atomic E-state index is 12.2. The fourth-order valence-corrected chi connectivity index (χ4v) is 1.64. The van der Waals surface area contributed by atoms with Crippen molar-refractivity contribution in [3.8, 4) is 5.69 Å². The molecule has 0 unspecified atom stereocenters. The highest BCUT2D eigenvalue weighted by atomic mass is 16.4.